The molecule has 0 spiro atoms. The van der Waals surface area contributed by atoms with Crippen LogP contribution in [-0.4, -0.2) is 86.5 Å². The van der Waals surface area contributed by atoms with Crippen LogP contribution in [-0.2, 0) is 43.9 Å². The zero-order chi connectivity index (χ0) is 42.6. The van der Waals surface area contributed by atoms with E-state index >= 15 is 0 Å². The van der Waals surface area contributed by atoms with Crippen LogP contribution >= 0.6 is 11.8 Å². The number of benzene rings is 3. The van der Waals surface area contributed by atoms with Gasteiger partial charge in [0.05, 0.1) is 52.2 Å². The van der Waals surface area contributed by atoms with E-state index in [0.29, 0.717) is 55.9 Å². The molecule has 0 unspecified atom stereocenters. The molecule has 2 aliphatic heterocycles. The average Bonchev–Trinajstić information content (AvgIpc) is 3.46. The van der Waals surface area contributed by atoms with Crippen molar-refractivity contribution < 1.29 is 66.9 Å². The molecule has 0 aromatic heterocycles. The number of carbonyl (C=O) groups excluding carboxylic acids is 1. The Morgan fingerprint density at radius 3 is 1.82 bits per heavy atom. The number of amidine groups is 1. The molecule has 4 N–H and O–H groups in total. The Hall–Kier alpha value is -3.83. The third-order valence-electron chi connectivity index (χ3n) is 8.19. The summed E-state index contributed by atoms with van der Waals surface area (Å²) < 4.78 is 143. The minimum Gasteiger partial charge on any atom is -0.394 e. The van der Waals surface area contributed by atoms with Gasteiger partial charge in [0.25, 0.3) is 25.5 Å². The number of allylic oxidation sites excluding steroid dienone is 1. The first-order valence-corrected chi connectivity index (χ1v) is 20.7. The summed E-state index contributed by atoms with van der Waals surface area (Å²) in [6, 6.07) is 13.7. The highest BCUT2D eigenvalue weighted by Gasteiger charge is 2.38. The van der Waals surface area contributed by atoms with Crippen molar-refractivity contribution in [2.75, 3.05) is 39.5 Å². The zero-order valence-corrected chi connectivity index (χ0v) is 33.0. The molecular weight excluding hydrogens is 829 g/mol. The van der Waals surface area contributed by atoms with Gasteiger partial charge in [0.15, 0.2) is 0 Å². The van der Waals surface area contributed by atoms with E-state index in [9.17, 15) is 48.0 Å². The lowest BCUT2D eigenvalue weighted by atomic mass is 9.95. The molecule has 0 radical (unpaired) electrons. The number of hydrogen-bond donors (Lipinski definition) is 4. The van der Waals surface area contributed by atoms with Crippen LogP contribution in [0, 0.1) is 19.8 Å². The van der Waals surface area contributed by atoms with Crippen LogP contribution in [0.2, 0.25) is 0 Å². The van der Waals surface area contributed by atoms with Gasteiger partial charge >= 0.3 is 12.4 Å². The summed E-state index contributed by atoms with van der Waals surface area (Å²) in [5, 5.41) is 11.1. The van der Waals surface area contributed by atoms with Crippen LogP contribution in [0.4, 0.5) is 31.1 Å². The normalized spacial score (nSPS) is 17.1. The van der Waals surface area contributed by atoms with Gasteiger partial charge < -0.3 is 15.2 Å². The Morgan fingerprint density at radius 1 is 0.842 bits per heavy atom. The van der Waals surface area contributed by atoms with E-state index in [1.807, 2.05) is 19.9 Å². The molecule has 2 saturated heterocycles. The molecule has 0 saturated carbocycles. The van der Waals surface area contributed by atoms with Crippen LogP contribution in [0.25, 0.3) is 0 Å². The fourth-order valence-electron chi connectivity index (χ4n) is 5.26. The summed E-state index contributed by atoms with van der Waals surface area (Å²) in [7, 11) is -8.04. The maximum atomic E-state index is 13.4. The minimum atomic E-state index is -4.89. The van der Waals surface area contributed by atoms with Crippen molar-refractivity contribution in [2.45, 2.75) is 55.4 Å². The van der Waals surface area contributed by atoms with Gasteiger partial charge in [-0.3, -0.25) is 23.8 Å². The van der Waals surface area contributed by atoms with Gasteiger partial charge in [0.2, 0.25) is 0 Å². The van der Waals surface area contributed by atoms with Crippen molar-refractivity contribution in [2.24, 2.45) is 10.9 Å². The van der Waals surface area contributed by atoms with Gasteiger partial charge in [-0.15, -0.1) is 0 Å². The SMILES string of the molecule is Cc1ccc(S(=O)(=O)O)cc1.Cc1ccc(S(=O)(=O)O)cc1.O=C1NC(=NCCOCCO)/C(=C/C2CCN(Cc3ccc(C(F)(F)F)cc3C(F)(F)F)CC2)S1. The largest absolute Gasteiger partial charge is 0.416 e. The monoisotopic (exact) mass is 869 g/mol. The van der Waals surface area contributed by atoms with E-state index < -0.39 is 43.7 Å². The number of amides is 1. The third-order valence-corrected chi connectivity index (χ3v) is 10.8. The van der Waals surface area contributed by atoms with Crippen LogP contribution in [0.15, 0.2) is 92.5 Å². The minimum absolute atomic E-state index is 0.0666. The van der Waals surface area contributed by atoms with Crippen molar-refractivity contribution in [1.29, 1.82) is 0 Å². The molecule has 3 aromatic rings. The molecule has 2 aliphatic rings. The second kappa shape index (κ2) is 20.7. The molecule has 0 aliphatic carbocycles. The molecule has 2 fully saturated rings. The molecule has 21 heteroatoms. The number of nitrogens with zero attached hydrogens (tertiary/aromatic N) is 2. The summed E-state index contributed by atoms with van der Waals surface area (Å²) >= 11 is 1.02. The number of aliphatic hydroxyl groups is 1. The third kappa shape index (κ3) is 16.2. The molecule has 2 heterocycles. The lowest BCUT2D eigenvalue weighted by Gasteiger charge is -2.31. The number of aliphatic imine (C=N–C) groups is 1. The number of aliphatic hydroxyl groups excluding tert-OH is 1. The van der Waals surface area contributed by atoms with E-state index in [1.165, 1.54) is 24.3 Å². The van der Waals surface area contributed by atoms with Gasteiger partial charge in [-0.05, 0) is 99.4 Å². The van der Waals surface area contributed by atoms with Crippen molar-refractivity contribution in [3.05, 3.63) is 106 Å². The smallest absolute Gasteiger partial charge is 0.394 e. The Morgan fingerprint density at radius 2 is 1.37 bits per heavy atom. The standard InChI is InChI=1S/C22H25F6N3O3S.2C7H8O3S/c23-21(24,25)16-2-1-15(17(12-16)22(26,27)28)13-31-6-3-14(4-7-31)11-18-19(30-20(33)35-18)29-5-9-34-10-8-32;2*1-6-2-4-7(5-3-6)11(8,9)10/h1-2,11-12,14,32H,3-10,13H2,(H,29,30,33);2*2-5H,1H3,(H,8,9,10)/b18-11-;;. The van der Waals surface area contributed by atoms with Crippen molar-refractivity contribution >= 4 is 43.1 Å². The highest BCUT2D eigenvalue weighted by atomic mass is 32.2. The number of hydrogen-bond acceptors (Lipinski definition) is 10. The topological polar surface area (TPSA) is 183 Å². The summed E-state index contributed by atoms with van der Waals surface area (Å²) in [4.78, 5) is 18.4. The molecule has 1 amide bonds. The predicted octanol–water partition coefficient (Wildman–Crippen LogP) is 7.17. The molecule has 57 heavy (non-hydrogen) atoms. The number of ether oxygens (including phenoxy) is 1. The molecule has 5 rings (SSSR count). The van der Waals surface area contributed by atoms with Crippen LogP contribution in [0.1, 0.15) is 40.7 Å². The Labute approximate surface area is 330 Å². The van der Waals surface area contributed by atoms with Crippen LogP contribution in [0.3, 0.4) is 0 Å². The maximum absolute atomic E-state index is 13.4. The Bertz CT molecular complexity index is 2010. The second-order valence-corrected chi connectivity index (χ2v) is 16.5. The van der Waals surface area contributed by atoms with Crippen LogP contribution in [0.5, 0.6) is 0 Å². The fraction of sp³-hybridized carbons (Fsp3) is 0.389. The molecule has 0 atom stereocenters. The number of likely N-dealkylation sites (tertiary alicyclic amines) is 1. The zero-order valence-electron chi connectivity index (χ0n) is 30.5. The van der Waals surface area contributed by atoms with E-state index in [4.69, 9.17) is 18.9 Å². The first kappa shape index (κ1) is 47.5. The lowest BCUT2D eigenvalue weighted by molar-refractivity contribution is -0.143. The summed E-state index contributed by atoms with van der Waals surface area (Å²) in [5.41, 5.74) is -0.878. The number of aryl methyl sites for hydroxylation is 2. The summed E-state index contributed by atoms with van der Waals surface area (Å²) in [6.45, 7) is 5.20. The van der Waals surface area contributed by atoms with E-state index in [2.05, 4.69) is 10.3 Å². The average molecular weight is 870 g/mol. The number of alkyl halides is 6. The molecule has 3 aromatic carbocycles. The molecule has 314 valence electrons. The number of halogens is 6. The first-order valence-electron chi connectivity index (χ1n) is 17.0. The highest BCUT2D eigenvalue weighted by molar-refractivity contribution is 8.18. The number of carbonyl (C=O) groups is 1. The maximum Gasteiger partial charge on any atom is 0.416 e. The molecule has 12 nitrogen and oxygen atoms in total. The van der Waals surface area contributed by atoms with Gasteiger partial charge in [-0.25, -0.2) is 0 Å². The summed E-state index contributed by atoms with van der Waals surface area (Å²) in [6.07, 6.45) is -6.59. The van der Waals surface area contributed by atoms with Gasteiger partial charge in [-0.2, -0.15) is 43.2 Å². The molecular formula is C36H41F6N3O9S3. The number of piperidine rings is 1. The van der Waals surface area contributed by atoms with Gasteiger partial charge in [0, 0.05) is 6.54 Å². The fourth-order valence-corrected chi connectivity index (χ4v) is 7.04. The van der Waals surface area contributed by atoms with Gasteiger partial charge in [0.1, 0.15) is 5.84 Å². The Balaban J connectivity index is 0.000000319. The van der Waals surface area contributed by atoms with Crippen molar-refractivity contribution in [3.8, 4) is 0 Å². The lowest BCUT2D eigenvalue weighted by Crippen LogP contribution is -2.33. The Kier molecular flexibility index (Phi) is 17.3. The number of thioether (sulfide) groups is 1. The van der Waals surface area contributed by atoms with Gasteiger partial charge in [-0.1, -0.05) is 47.5 Å². The van der Waals surface area contributed by atoms with E-state index in [-0.39, 0.29) is 52.3 Å². The second-order valence-electron chi connectivity index (χ2n) is 12.7. The predicted molar refractivity (Wildman–Crippen MR) is 201 cm³/mol. The summed E-state index contributed by atoms with van der Waals surface area (Å²) in [5.74, 6) is 0.515. The first-order chi connectivity index (χ1) is 26.5. The highest BCUT2D eigenvalue weighted by Crippen LogP contribution is 2.38. The van der Waals surface area contributed by atoms with E-state index in [1.54, 1.807) is 29.2 Å². The van der Waals surface area contributed by atoms with E-state index in [0.717, 1.165) is 29.0 Å². The van der Waals surface area contributed by atoms with Crippen molar-refractivity contribution in [3.63, 3.8) is 0 Å². The van der Waals surface area contributed by atoms with Crippen LogP contribution < -0.4 is 5.32 Å². The van der Waals surface area contributed by atoms with Crippen molar-refractivity contribution in [1.82, 2.24) is 10.2 Å². The number of nitrogens with one attached hydrogen (secondary N) is 1. The number of rotatable bonds is 10. The quantitative estimate of drug-likeness (QED) is 0.0921. The molecule has 0 bridgehead atoms.